The van der Waals surface area contributed by atoms with E-state index in [1.54, 1.807) is 25.1 Å². The van der Waals surface area contributed by atoms with E-state index in [4.69, 9.17) is 21.1 Å². The zero-order valence-corrected chi connectivity index (χ0v) is 11.5. The predicted molar refractivity (Wildman–Crippen MR) is 71.1 cm³/mol. The number of rotatable bonds is 4. The van der Waals surface area contributed by atoms with Crippen LogP contribution in [-0.4, -0.2) is 23.9 Å². The Morgan fingerprint density at radius 2 is 2.28 bits per heavy atom. The zero-order valence-electron chi connectivity index (χ0n) is 10.7. The lowest BCUT2D eigenvalue weighted by atomic mass is 10.1. The van der Waals surface area contributed by atoms with Crippen molar-refractivity contribution in [2.75, 3.05) is 6.61 Å². The molecule has 1 saturated heterocycles. The number of benzene rings is 1. The standard InChI is InChI=1S/C14H19ClO3/c1-9-3-5-12(18-9)8-17-14-6-4-11(15)7-13(14)10(2)16/h4,6-7,9-10,12,16H,3,5,8H2,1-2H3/t9?,10-,12?/m1/s1. The van der Waals surface area contributed by atoms with Crippen LogP contribution in [0.2, 0.25) is 5.02 Å². The summed E-state index contributed by atoms with van der Waals surface area (Å²) in [5, 5.41) is 10.3. The second kappa shape index (κ2) is 5.91. The highest BCUT2D eigenvalue weighted by molar-refractivity contribution is 6.30. The van der Waals surface area contributed by atoms with Crippen molar-refractivity contribution in [3.05, 3.63) is 28.8 Å². The minimum absolute atomic E-state index is 0.150. The lowest BCUT2D eigenvalue weighted by Gasteiger charge is -2.16. The molecule has 0 spiro atoms. The molecule has 0 saturated carbocycles. The quantitative estimate of drug-likeness (QED) is 0.912. The van der Waals surface area contributed by atoms with Gasteiger partial charge in [0.05, 0.1) is 18.3 Å². The van der Waals surface area contributed by atoms with Gasteiger partial charge in [-0.05, 0) is 44.9 Å². The van der Waals surface area contributed by atoms with Crippen molar-refractivity contribution < 1.29 is 14.6 Å². The van der Waals surface area contributed by atoms with Crippen molar-refractivity contribution in [2.24, 2.45) is 0 Å². The number of halogens is 1. The van der Waals surface area contributed by atoms with Gasteiger partial charge in [-0.25, -0.2) is 0 Å². The Balaban J connectivity index is 2.00. The Morgan fingerprint density at radius 1 is 1.50 bits per heavy atom. The average Bonchev–Trinajstić information content (AvgIpc) is 2.73. The number of aliphatic hydroxyl groups excluding tert-OH is 1. The zero-order chi connectivity index (χ0) is 13.1. The second-order valence-corrected chi connectivity index (χ2v) is 5.25. The van der Waals surface area contributed by atoms with Gasteiger partial charge >= 0.3 is 0 Å². The van der Waals surface area contributed by atoms with Crippen LogP contribution in [0.5, 0.6) is 5.75 Å². The van der Waals surface area contributed by atoms with Crippen LogP contribution in [0.1, 0.15) is 38.4 Å². The molecule has 2 rings (SSSR count). The van der Waals surface area contributed by atoms with Gasteiger partial charge < -0.3 is 14.6 Å². The molecule has 3 nitrogen and oxygen atoms in total. The van der Waals surface area contributed by atoms with Crippen LogP contribution in [0.25, 0.3) is 0 Å². The third kappa shape index (κ3) is 3.37. The van der Waals surface area contributed by atoms with Crippen molar-refractivity contribution in [3.63, 3.8) is 0 Å². The van der Waals surface area contributed by atoms with Crippen molar-refractivity contribution in [3.8, 4) is 5.75 Å². The van der Waals surface area contributed by atoms with E-state index in [0.717, 1.165) is 12.8 Å². The molecule has 0 aliphatic carbocycles. The van der Waals surface area contributed by atoms with Crippen molar-refractivity contribution >= 4 is 11.6 Å². The molecule has 18 heavy (non-hydrogen) atoms. The molecule has 100 valence electrons. The largest absolute Gasteiger partial charge is 0.490 e. The summed E-state index contributed by atoms with van der Waals surface area (Å²) < 4.78 is 11.4. The van der Waals surface area contributed by atoms with Gasteiger partial charge in [0.2, 0.25) is 0 Å². The van der Waals surface area contributed by atoms with E-state index in [0.29, 0.717) is 29.0 Å². The fourth-order valence-corrected chi connectivity index (χ4v) is 2.35. The third-order valence-corrected chi connectivity index (χ3v) is 3.40. The Hall–Kier alpha value is -0.770. The molecule has 0 aromatic heterocycles. The highest BCUT2D eigenvalue weighted by Crippen LogP contribution is 2.29. The minimum atomic E-state index is -0.595. The summed E-state index contributed by atoms with van der Waals surface area (Å²) in [5.74, 6) is 0.678. The molecule has 1 aliphatic rings. The topological polar surface area (TPSA) is 38.7 Å². The van der Waals surface area contributed by atoms with E-state index in [1.165, 1.54) is 0 Å². The van der Waals surface area contributed by atoms with E-state index >= 15 is 0 Å². The van der Waals surface area contributed by atoms with Gasteiger partial charge in [-0.3, -0.25) is 0 Å². The van der Waals surface area contributed by atoms with E-state index in [9.17, 15) is 5.11 Å². The van der Waals surface area contributed by atoms with E-state index < -0.39 is 6.10 Å². The van der Waals surface area contributed by atoms with E-state index in [-0.39, 0.29) is 6.10 Å². The SMILES string of the molecule is CC1CCC(COc2ccc(Cl)cc2[C@@H](C)O)O1. The molecule has 1 aliphatic heterocycles. The molecule has 1 fully saturated rings. The summed E-state index contributed by atoms with van der Waals surface area (Å²) in [6.07, 6.45) is 1.98. The number of hydrogen-bond acceptors (Lipinski definition) is 3. The lowest BCUT2D eigenvalue weighted by molar-refractivity contribution is 0.0257. The first kappa shape index (κ1) is 13.7. The van der Waals surface area contributed by atoms with Crippen LogP contribution in [0.4, 0.5) is 0 Å². The predicted octanol–water partition coefficient (Wildman–Crippen LogP) is 3.34. The highest BCUT2D eigenvalue weighted by atomic mass is 35.5. The molecular formula is C14H19ClO3. The summed E-state index contributed by atoms with van der Waals surface area (Å²) >= 11 is 5.92. The Labute approximate surface area is 113 Å². The minimum Gasteiger partial charge on any atom is -0.490 e. The molecule has 4 heteroatoms. The Morgan fingerprint density at radius 3 is 2.89 bits per heavy atom. The number of ether oxygens (including phenoxy) is 2. The molecule has 1 N–H and O–H groups in total. The molecule has 0 amide bonds. The van der Waals surface area contributed by atoms with Gasteiger partial charge in [0.15, 0.2) is 0 Å². The van der Waals surface area contributed by atoms with Gasteiger partial charge in [0.1, 0.15) is 12.4 Å². The van der Waals surface area contributed by atoms with Crippen LogP contribution >= 0.6 is 11.6 Å². The average molecular weight is 271 g/mol. The first-order valence-corrected chi connectivity index (χ1v) is 6.70. The molecule has 1 aromatic carbocycles. The monoisotopic (exact) mass is 270 g/mol. The maximum Gasteiger partial charge on any atom is 0.125 e. The fraction of sp³-hybridized carbons (Fsp3) is 0.571. The van der Waals surface area contributed by atoms with Gasteiger partial charge in [0.25, 0.3) is 0 Å². The van der Waals surface area contributed by atoms with Crippen LogP contribution in [-0.2, 0) is 4.74 Å². The first-order chi connectivity index (χ1) is 8.56. The molecular weight excluding hydrogens is 252 g/mol. The summed E-state index contributed by atoms with van der Waals surface area (Å²) in [4.78, 5) is 0. The van der Waals surface area contributed by atoms with Gasteiger partial charge in [-0.2, -0.15) is 0 Å². The molecule has 3 atom stereocenters. The Bertz CT molecular complexity index is 406. The van der Waals surface area contributed by atoms with Crippen LogP contribution in [0, 0.1) is 0 Å². The van der Waals surface area contributed by atoms with Crippen LogP contribution in [0.3, 0.4) is 0 Å². The van der Waals surface area contributed by atoms with Crippen LogP contribution < -0.4 is 4.74 Å². The van der Waals surface area contributed by atoms with Gasteiger partial charge in [-0.15, -0.1) is 0 Å². The van der Waals surface area contributed by atoms with Crippen molar-refractivity contribution in [2.45, 2.75) is 45.0 Å². The molecule has 1 heterocycles. The van der Waals surface area contributed by atoms with Crippen LogP contribution in [0.15, 0.2) is 18.2 Å². The molecule has 0 bridgehead atoms. The van der Waals surface area contributed by atoms with Gasteiger partial charge in [-0.1, -0.05) is 11.6 Å². The van der Waals surface area contributed by atoms with Crippen molar-refractivity contribution in [1.29, 1.82) is 0 Å². The highest BCUT2D eigenvalue weighted by Gasteiger charge is 2.22. The van der Waals surface area contributed by atoms with Gasteiger partial charge in [0, 0.05) is 10.6 Å². The molecule has 2 unspecified atom stereocenters. The number of aliphatic hydroxyl groups is 1. The van der Waals surface area contributed by atoms with Crippen molar-refractivity contribution in [1.82, 2.24) is 0 Å². The smallest absolute Gasteiger partial charge is 0.125 e. The summed E-state index contributed by atoms with van der Waals surface area (Å²) in [6.45, 7) is 4.29. The number of hydrogen-bond donors (Lipinski definition) is 1. The second-order valence-electron chi connectivity index (χ2n) is 4.82. The maximum absolute atomic E-state index is 9.69. The van der Waals surface area contributed by atoms with E-state index in [1.807, 2.05) is 0 Å². The maximum atomic E-state index is 9.69. The Kier molecular flexibility index (Phi) is 4.49. The third-order valence-electron chi connectivity index (χ3n) is 3.17. The summed E-state index contributed by atoms with van der Waals surface area (Å²) in [7, 11) is 0. The lowest BCUT2D eigenvalue weighted by Crippen LogP contribution is -2.18. The van der Waals surface area contributed by atoms with E-state index in [2.05, 4.69) is 6.92 Å². The summed E-state index contributed by atoms with van der Waals surface area (Å²) in [5.41, 5.74) is 0.716. The normalized spacial score (nSPS) is 25.1. The molecule has 0 radical (unpaired) electrons. The fourth-order valence-electron chi connectivity index (χ4n) is 2.17. The first-order valence-electron chi connectivity index (χ1n) is 6.32. The summed E-state index contributed by atoms with van der Waals surface area (Å²) in [6, 6.07) is 5.29. The molecule has 1 aromatic rings.